The standard InChI is InChI=1S/C26H25ClF2N4O5/c1-37-16-9-19(28)23(20(29)10-16)18-13-33(22-12-17(38-2)11-21(31-22)30-7-8-34)26(36)24(18)32-25(35)14-3-5-15(27)6-4-14/h3-6,9-12,18,24,34H,7-8,13H2,1-2H3,(H,30,31)(H,32,35)/t18-,24-/m0/s1. The number of rotatable bonds is 9. The van der Waals surface area contributed by atoms with Crippen molar-refractivity contribution in [1.29, 1.82) is 0 Å². The number of hydrogen-bond acceptors (Lipinski definition) is 7. The number of amides is 2. The molecule has 2 amide bonds. The molecule has 0 spiro atoms. The van der Waals surface area contributed by atoms with E-state index in [4.69, 9.17) is 26.2 Å². The Morgan fingerprint density at radius 1 is 1.11 bits per heavy atom. The monoisotopic (exact) mass is 546 g/mol. The predicted octanol–water partition coefficient (Wildman–Crippen LogP) is 3.36. The molecule has 1 aliphatic heterocycles. The van der Waals surface area contributed by atoms with Crippen molar-refractivity contribution in [2.45, 2.75) is 12.0 Å². The van der Waals surface area contributed by atoms with E-state index in [1.807, 2.05) is 0 Å². The molecule has 38 heavy (non-hydrogen) atoms. The zero-order chi connectivity index (χ0) is 27.4. The minimum Gasteiger partial charge on any atom is -0.497 e. The third-order valence-electron chi connectivity index (χ3n) is 6.08. The summed E-state index contributed by atoms with van der Waals surface area (Å²) in [5.74, 6) is -3.41. The van der Waals surface area contributed by atoms with Crippen molar-refractivity contribution in [3.8, 4) is 11.5 Å². The molecule has 1 fully saturated rings. The highest BCUT2D eigenvalue weighted by molar-refractivity contribution is 6.30. The van der Waals surface area contributed by atoms with Crippen LogP contribution in [0.5, 0.6) is 11.5 Å². The molecule has 2 atom stereocenters. The van der Waals surface area contributed by atoms with E-state index in [9.17, 15) is 9.59 Å². The van der Waals surface area contributed by atoms with Crippen LogP contribution in [0, 0.1) is 11.6 Å². The lowest BCUT2D eigenvalue weighted by Gasteiger charge is -2.20. The summed E-state index contributed by atoms with van der Waals surface area (Å²) in [5, 5.41) is 15.1. The molecule has 0 aliphatic carbocycles. The maximum Gasteiger partial charge on any atom is 0.251 e. The van der Waals surface area contributed by atoms with Crippen molar-refractivity contribution >= 4 is 35.1 Å². The second-order valence-electron chi connectivity index (χ2n) is 8.42. The largest absolute Gasteiger partial charge is 0.497 e. The highest BCUT2D eigenvalue weighted by Crippen LogP contribution is 2.37. The molecule has 1 aliphatic rings. The SMILES string of the molecule is COc1cc(NCCO)nc(N2C[C@@H](c3c(F)cc(OC)cc3F)[C@H](NC(=O)c3ccc(Cl)cc3)C2=O)c1. The molecule has 3 aromatic rings. The van der Waals surface area contributed by atoms with Gasteiger partial charge in [0.1, 0.15) is 40.8 Å². The van der Waals surface area contributed by atoms with Gasteiger partial charge in [0.2, 0.25) is 0 Å². The summed E-state index contributed by atoms with van der Waals surface area (Å²) < 4.78 is 40.6. The maximum absolute atomic E-state index is 15.2. The summed E-state index contributed by atoms with van der Waals surface area (Å²) in [6.07, 6.45) is 0. The summed E-state index contributed by atoms with van der Waals surface area (Å²) in [5.41, 5.74) is -0.158. The normalized spacial score (nSPS) is 16.9. The van der Waals surface area contributed by atoms with Gasteiger partial charge in [0, 0.05) is 59.4 Å². The zero-order valence-electron chi connectivity index (χ0n) is 20.5. The number of aromatic nitrogens is 1. The van der Waals surface area contributed by atoms with Gasteiger partial charge in [-0.1, -0.05) is 11.6 Å². The smallest absolute Gasteiger partial charge is 0.251 e. The predicted molar refractivity (Wildman–Crippen MR) is 137 cm³/mol. The Morgan fingerprint density at radius 3 is 2.34 bits per heavy atom. The lowest BCUT2D eigenvalue weighted by Crippen LogP contribution is -2.44. The topological polar surface area (TPSA) is 113 Å². The van der Waals surface area contributed by atoms with Crippen LogP contribution in [0.1, 0.15) is 21.8 Å². The Morgan fingerprint density at radius 2 is 1.74 bits per heavy atom. The third-order valence-corrected chi connectivity index (χ3v) is 6.33. The molecule has 0 saturated carbocycles. The van der Waals surface area contributed by atoms with Crippen molar-refractivity contribution < 1.29 is 33.0 Å². The Kier molecular flexibility index (Phi) is 8.28. The van der Waals surface area contributed by atoms with Crippen LogP contribution in [0.2, 0.25) is 5.02 Å². The molecule has 0 radical (unpaired) electrons. The van der Waals surface area contributed by atoms with E-state index in [0.717, 1.165) is 12.1 Å². The number of benzene rings is 2. The molecule has 1 aromatic heterocycles. The molecule has 2 aromatic carbocycles. The molecule has 4 rings (SSSR count). The first-order chi connectivity index (χ1) is 18.2. The first-order valence-electron chi connectivity index (χ1n) is 11.6. The Bertz CT molecular complexity index is 1320. The Balaban J connectivity index is 1.75. The number of aliphatic hydroxyl groups excluding tert-OH is 1. The van der Waals surface area contributed by atoms with E-state index in [1.165, 1.54) is 49.5 Å². The molecule has 0 bridgehead atoms. The molecule has 2 heterocycles. The number of nitrogens with zero attached hydrogens (tertiary/aromatic N) is 2. The number of nitrogens with one attached hydrogen (secondary N) is 2. The molecular formula is C26H25ClF2N4O5. The Hall–Kier alpha value is -3.96. The highest BCUT2D eigenvalue weighted by atomic mass is 35.5. The van der Waals surface area contributed by atoms with Gasteiger partial charge in [-0.25, -0.2) is 13.8 Å². The van der Waals surface area contributed by atoms with E-state index in [-0.39, 0.29) is 42.4 Å². The summed E-state index contributed by atoms with van der Waals surface area (Å²) in [7, 11) is 2.71. The highest BCUT2D eigenvalue weighted by Gasteiger charge is 2.45. The van der Waals surface area contributed by atoms with Gasteiger partial charge in [0.05, 0.1) is 20.8 Å². The van der Waals surface area contributed by atoms with Crippen LogP contribution in [0.15, 0.2) is 48.5 Å². The quantitative estimate of drug-likeness (QED) is 0.377. The molecule has 200 valence electrons. The number of ether oxygens (including phenoxy) is 2. The first kappa shape index (κ1) is 27.1. The van der Waals surface area contributed by atoms with Crippen LogP contribution in [-0.2, 0) is 4.79 Å². The van der Waals surface area contributed by atoms with Crippen molar-refractivity contribution in [1.82, 2.24) is 10.3 Å². The van der Waals surface area contributed by atoms with Gasteiger partial charge in [0.15, 0.2) is 0 Å². The minimum absolute atomic E-state index is 0.0271. The van der Waals surface area contributed by atoms with Gasteiger partial charge in [-0.15, -0.1) is 0 Å². The summed E-state index contributed by atoms with van der Waals surface area (Å²) in [4.78, 5) is 32.3. The van der Waals surface area contributed by atoms with Crippen molar-refractivity contribution in [2.75, 3.05) is 44.1 Å². The van der Waals surface area contributed by atoms with E-state index in [0.29, 0.717) is 16.6 Å². The van der Waals surface area contributed by atoms with Gasteiger partial charge in [0.25, 0.3) is 11.8 Å². The molecule has 9 nitrogen and oxygen atoms in total. The molecule has 0 unspecified atom stereocenters. The number of methoxy groups -OCH3 is 2. The fourth-order valence-electron chi connectivity index (χ4n) is 4.24. The number of hydrogen-bond donors (Lipinski definition) is 3. The van der Waals surface area contributed by atoms with Crippen LogP contribution < -0.4 is 25.0 Å². The number of carbonyl (C=O) groups is 2. The molecular weight excluding hydrogens is 522 g/mol. The fraction of sp³-hybridized carbons (Fsp3) is 0.269. The van der Waals surface area contributed by atoms with E-state index >= 15 is 8.78 Å². The average Bonchev–Trinajstić information content (AvgIpc) is 3.22. The van der Waals surface area contributed by atoms with Gasteiger partial charge in [-0.2, -0.15) is 0 Å². The maximum atomic E-state index is 15.2. The van der Waals surface area contributed by atoms with Crippen LogP contribution in [0.25, 0.3) is 0 Å². The van der Waals surface area contributed by atoms with Crippen LogP contribution in [-0.4, -0.2) is 61.9 Å². The number of carbonyl (C=O) groups excluding carboxylic acids is 2. The number of halogens is 3. The van der Waals surface area contributed by atoms with Crippen LogP contribution >= 0.6 is 11.6 Å². The van der Waals surface area contributed by atoms with E-state index in [2.05, 4.69) is 15.6 Å². The van der Waals surface area contributed by atoms with Gasteiger partial charge in [-0.05, 0) is 24.3 Å². The van der Waals surface area contributed by atoms with Gasteiger partial charge in [-0.3, -0.25) is 14.5 Å². The first-order valence-corrected chi connectivity index (χ1v) is 11.9. The minimum atomic E-state index is -1.32. The van der Waals surface area contributed by atoms with Crippen LogP contribution in [0.3, 0.4) is 0 Å². The summed E-state index contributed by atoms with van der Waals surface area (Å²) in [6, 6.07) is 9.75. The van der Waals surface area contributed by atoms with Crippen molar-refractivity contribution in [2.24, 2.45) is 0 Å². The number of aliphatic hydroxyl groups is 1. The van der Waals surface area contributed by atoms with E-state index in [1.54, 1.807) is 6.07 Å². The fourth-order valence-corrected chi connectivity index (χ4v) is 4.37. The zero-order valence-corrected chi connectivity index (χ0v) is 21.3. The second kappa shape index (κ2) is 11.6. The lowest BCUT2D eigenvalue weighted by molar-refractivity contribution is -0.118. The Labute approximate surface area is 222 Å². The molecule has 3 N–H and O–H groups in total. The lowest BCUT2D eigenvalue weighted by atomic mass is 9.92. The molecule has 1 saturated heterocycles. The van der Waals surface area contributed by atoms with Crippen molar-refractivity contribution in [3.63, 3.8) is 0 Å². The third kappa shape index (κ3) is 5.63. The number of anilines is 2. The molecule has 12 heteroatoms. The van der Waals surface area contributed by atoms with Gasteiger partial charge >= 0.3 is 0 Å². The summed E-state index contributed by atoms with van der Waals surface area (Å²) >= 11 is 5.91. The van der Waals surface area contributed by atoms with Crippen LogP contribution in [0.4, 0.5) is 20.4 Å². The number of pyridine rings is 1. The van der Waals surface area contributed by atoms with E-state index < -0.39 is 35.4 Å². The van der Waals surface area contributed by atoms with Crippen molar-refractivity contribution in [3.05, 3.63) is 76.3 Å². The average molecular weight is 547 g/mol. The van der Waals surface area contributed by atoms with Gasteiger partial charge < -0.3 is 25.2 Å². The summed E-state index contributed by atoms with van der Waals surface area (Å²) in [6.45, 7) is -0.157. The second-order valence-corrected chi connectivity index (χ2v) is 8.86.